The fourth-order valence-corrected chi connectivity index (χ4v) is 3.51. The second kappa shape index (κ2) is 10.1. The van der Waals surface area contributed by atoms with Gasteiger partial charge in [-0.3, -0.25) is 14.2 Å². The Morgan fingerprint density at radius 1 is 1.26 bits per heavy atom. The quantitative estimate of drug-likeness (QED) is 0.261. The number of aromatic nitrogens is 4. The first-order valence-electron chi connectivity index (χ1n) is 11.1. The predicted octanol–water partition coefficient (Wildman–Crippen LogP) is 0.260. The van der Waals surface area contributed by atoms with Crippen LogP contribution in [0.2, 0.25) is 0 Å². The van der Waals surface area contributed by atoms with E-state index in [1.165, 1.54) is 10.9 Å². The number of terminal acetylenes is 1. The fraction of sp³-hybridized carbons (Fsp3) is 0.591. The molecule has 0 spiro atoms. The van der Waals surface area contributed by atoms with Crippen LogP contribution in [-0.2, 0) is 23.8 Å². The highest BCUT2D eigenvalue weighted by molar-refractivity contribution is 5.81. The second-order valence-corrected chi connectivity index (χ2v) is 9.12. The normalized spacial score (nSPS) is 23.9. The molecule has 1 saturated heterocycles. The van der Waals surface area contributed by atoms with E-state index in [2.05, 4.69) is 20.9 Å². The molecule has 0 amide bonds. The Bertz CT molecular complexity index is 1150. The van der Waals surface area contributed by atoms with Gasteiger partial charge in [-0.05, 0) is 11.8 Å². The van der Waals surface area contributed by atoms with Gasteiger partial charge in [0.1, 0.15) is 31.0 Å². The number of nitrogens with two attached hydrogens (primary N) is 3. The summed E-state index contributed by atoms with van der Waals surface area (Å²) < 4.78 is 32.4. The van der Waals surface area contributed by atoms with Gasteiger partial charge in [0.2, 0.25) is 5.60 Å². The summed E-state index contributed by atoms with van der Waals surface area (Å²) in [7, 11) is 0. The molecule has 3 heterocycles. The molecule has 0 radical (unpaired) electrons. The predicted molar refractivity (Wildman–Crippen MR) is 122 cm³/mol. The Labute approximate surface area is 201 Å². The Hall–Kier alpha value is -3.34. The van der Waals surface area contributed by atoms with Crippen LogP contribution in [0.1, 0.15) is 40.3 Å². The summed E-state index contributed by atoms with van der Waals surface area (Å²) in [6.07, 6.45) is 4.10. The third kappa shape index (κ3) is 5.19. The molecule has 12 nitrogen and oxygen atoms in total. The number of rotatable bonds is 8. The molecule has 0 bridgehead atoms. The fourth-order valence-electron chi connectivity index (χ4n) is 3.51. The second-order valence-electron chi connectivity index (χ2n) is 9.12. The lowest BCUT2D eigenvalue weighted by atomic mass is 9.97. The molecule has 35 heavy (non-hydrogen) atoms. The van der Waals surface area contributed by atoms with Crippen molar-refractivity contribution >= 4 is 28.9 Å². The number of anilines is 1. The highest BCUT2D eigenvalue weighted by Gasteiger charge is 2.53. The molecule has 6 N–H and O–H groups in total. The highest BCUT2D eigenvalue weighted by atomic mass is 19.1. The van der Waals surface area contributed by atoms with Gasteiger partial charge in [0.25, 0.3) is 0 Å². The van der Waals surface area contributed by atoms with Gasteiger partial charge in [0.15, 0.2) is 17.0 Å². The third-order valence-electron chi connectivity index (χ3n) is 5.93. The number of nitrogens with zero attached hydrogens (tertiary/aromatic N) is 4. The number of hydrogen-bond acceptors (Lipinski definition) is 11. The molecular formula is C22H30FN7O5. The lowest BCUT2D eigenvalue weighted by Crippen LogP contribution is -2.49. The largest absolute Gasteiger partial charge is 0.460 e. The molecule has 3 rings (SSSR count). The van der Waals surface area contributed by atoms with Crippen molar-refractivity contribution in [3.8, 4) is 12.3 Å². The van der Waals surface area contributed by atoms with Crippen molar-refractivity contribution in [3.05, 3.63) is 12.4 Å². The average molecular weight is 492 g/mol. The number of imidazole rings is 1. The van der Waals surface area contributed by atoms with Crippen molar-refractivity contribution in [1.82, 2.24) is 19.5 Å². The number of nitrogen functional groups attached to an aromatic ring is 1. The van der Waals surface area contributed by atoms with Crippen LogP contribution in [0.25, 0.3) is 11.2 Å². The minimum Gasteiger partial charge on any atom is -0.460 e. The number of hydrogen-bond donors (Lipinski definition) is 3. The van der Waals surface area contributed by atoms with Crippen molar-refractivity contribution in [2.24, 2.45) is 23.3 Å². The van der Waals surface area contributed by atoms with Crippen LogP contribution in [-0.4, -0.2) is 61.9 Å². The number of carbonyl (C=O) groups excluding carboxylic acids is 2. The molecule has 0 unspecified atom stereocenters. The van der Waals surface area contributed by atoms with E-state index in [1.54, 1.807) is 27.7 Å². The zero-order valence-electron chi connectivity index (χ0n) is 20.0. The first-order valence-corrected chi connectivity index (χ1v) is 11.1. The van der Waals surface area contributed by atoms with Crippen molar-refractivity contribution in [1.29, 1.82) is 0 Å². The van der Waals surface area contributed by atoms with Gasteiger partial charge in [0, 0.05) is 6.42 Å². The SMILES string of the molecule is C#C[C@]1(COC(=O)[C@@H](N)C(C)C)O[C@@H](n2cnc3c(N)nc(F)nc32)C[C@@H]1OC(=O)[C@@H](N)C(C)C. The summed E-state index contributed by atoms with van der Waals surface area (Å²) in [5.41, 5.74) is 16.1. The maximum atomic E-state index is 13.9. The number of ether oxygens (including phenoxy) is 3. The van der Waals surface area contributed by atoms with E-state index >= 15 is 0 Å². The van der Waals surface area contributed by atoms with Gasteiger partial charge in [0.05, 0.1) is 6.33 Å². The van der Waals surface area contributed by atoms with Crippen LogP contribution in [0, 0.1) is 30.3 Å². The minimum atomic E-state index is -1.68. The van der Waals surface area contributed by atoms with Gasteiger partial charge < -0.3 is 31.4 Å². The van der Waals surface area contributed by atoms with Gasteiger partial charge in [-0.1, -0.05) is 33.6 Å². The van der Waals surface area contributed by atoms with Crippen LogP contribution in [0.4, 0.5) is 10.2 Å². The summed E-state index contributed by atoms with van der Waals surface area (Å²) in [4.78, 5) is 36.4. The van der Waals surface area contributed by atoms with Crippen LogP contribution in [0.15, 0.2) is 6.33 Å². The van der Waals surface area contributed by atoms with E-state index < -0.39 is 54.6 Å². The van der Waals surface area contributed by atoms with E-state index in [0.29, 0.717) is 0 Å². The molecule has 1 aliphatic rings. The summed E-state index contributed by atoms with van der Waals surface area (Å²) >= 11 is 0. The number of carbonyl (C=O) groups is 2. The molecule has 190 valence electrons. The molecule has 2 aromatic rings. The summed E-state index contributed by atoms with van der Waals surface area (Å²) in [6.45, 7) is 6.60. The molecule has 0 saturated carbocycles. The van der Waals surface area contributed by atoms with E-state index in [1.807, 2.05) is 0 Å². The van der Waals surface area contributed by atoms with Crippen molar-refractivity contribution in [3.63, 3.8) is 0 Å². The third-order valence-corrected chi connectivity index (χ3v) is 5.93. The molecule has 0 aliphatic carbocycles. The van der Waals surface area contributed by atoms with Crippen molar-refractivity contribution in [2.45, 2.75) is 64.1 Å². The molecule has 5 atom stereocenters. The topological polar surface area (TPSA) is 183 Å². The highest BCUT2D eigenvalue weighted by Crippen LogP contribution is 2.40. The summed E-state index contributed by atoms with van der Waals surface area (Å²) in [5.74, 6) is 0.522. The summed E-state index contributed by atoms with van der Waals surface area (Å²) in [5, 5.41) is 0. The van der Waals surface area contributed by atoms with Gasteiger partial charge >= 0.3 is 18.0 Å². The zero-order chi connectivity index (χ0) is 26.1. The molecular weight excluding hydrogens is 461 g/mol. The first-order chi connectivity index (χ1) is 16.4. The smallest absolute Gasteiger partial charge is 0.323 e. The summed E-state index contributed by atoms with van der Waals surface area (Å²) in [6, 6.07) is -1.81. The number of esters is 2. The van der Waals surface area contributed by atoms with Crippen LogP contribution >= 0.6 is 0 Å². The van der Waals surface area contributed by atoms with E-state index in [9.17, 15) is 14.0 Å². The van der Waals surface area contributed by atoms with E-state index in [0.717, 1.165) is 0 Å². The Morgan fingerprint density at radius 3 is 2.49 bits per heavy atom. The Balaban J connectivity index is 1.95. The van der Waals surface area contributed by atoms with Gasteiger partial charge in [-0.25, -0.2) is 4.98 Å². The number of fused-ring (bicyclic) bond motifs is 1. The molecule has 0 aromatic carbocycles. The molecule has 2 aromatic heterocycles. The van der Waals surface area contributed by atoms with E-state index in [4.69, 9.17) is 37.8 Å². The van der Waals surface area contributed by atoms with Crippen LogP contribution in [0.5, 0.6) is 0 Å². The molecule has 1 aliphatic heterocycles. The average Bonchev–Trinajstić information content (AvgIpc) is 3.38. The Morgan fingerprint density at radius 2 is 1.89 bits per heavy atom. The van der Waals surface area contributed by atoms with Gasteiger partial charge in [-0.2, -0.15) is 14.4 Å². The first kappa shape index (κ1) is 26.3. The standard InChI is InChI=1S/C22H30FN7O5/c1-6-22(8-33-19(31)14(24)10(2)3)12(34-20(32)15(25)11(4)5)7-13(35-22)30-9-27-16-17(26)28-21(23)29-18(16)30/h1,9-15H,7-8,24-25H2,2-5H3,(H2,26,28,29)/t12-,13+,14-,15-,22+/m0/s1. The monoisotopic (exact) mass is 491 g/mol. The van der Waals surface area contributed by atoms with Crippen LogP contribution < -0.4 is 17.2 Å². The van der Waals surface area contributed by atoms with Gasteiger partial charge in [-0.15, -0.1) is 6.42 Å². The maximum Gasteiger partial charge on any atom is 0.323 e. The lowest BCUT2D eigenvalue weighted by Gasteiger charge is -2.30. The van der Waals surface area contributed by atoms with Crippen LogP contribution in [0.3, 0.4) is 0 Å². The molecule has 13 heteroatoms. The zero-order valence-corrected chi connectivity index (χ0v) is 20.0. The number of halogens is 1. The van der Waals surface area contributed by atoms with E-state index in [-0.39, 0.29) is 35.2 Å². The van der Waals surface area contributed by atoms with Crippen molar-refractivity contribution < 1.29 is 28.2 Å². The lowest BCUT2D eigenvalue weighted by molar-refractivity contribution is -0.169. The molecule has 1 fully saturated rings. The minimum absolute atomic E-state index is 0.00548. The van der Waals surface area contributed by atoms with Crippen molar-refractivity contribution in [2.75, 3.05) is 12.3 Å². The maximum absolute atomic E-state index is 13.9. The Kier molecular flexibility index (Phi) is 7.59.